The molecule has 2 aliphatic rings. The van der Waals surface area contributed by atoms with E-state index in [1.54, 1.807) is 0 Å². The van der Waals surface area contributed by atoms with Crippen LogP contribution in [-0.2, 0) is 4.79 Å². The first kappa shape index (κ1) is 12.9. The van der Waals surface area contributed by atoms with E-state index in [0.717, 1.165) is 32.2 Å². The van der Waals surface area contributed by atoms with Crippen molar-refractivity contribution in [3.8, 4) is 0 Å². The van der Waals surface area contributed by atoms with Crippen LogP contribution in [0.3, 0.4) is 0 Å². The number of amides is 1. The average molecular weight is 239 g/mol. The van der Waals surface area contributed by atoms with Crippen LogP contribution in [0.4, 0.5) is 0 Å². The molecule has 0 spiro atoms. The molecule has 1 unspecified atom stereocenters. The van der Waals surface area contributed by atoms with Crippen LogP contribution in [0.2, 0.25) is 0 Å². The van der Waals surface area contributed by atoms with Crippen molar-refractivity contribution in [2.45, 2.75) is 70.4 Å². The molecule has 3 heteroatoms. The highest BCUT2D eigenvalue weighted by atomic mass is 16.3. The molecule has 17 heavy (non-hydrogen) atoms. The maximum absolute atomic E-state index is 12.5. The third-order valence-electron chi connectivity index (χ3n) is 4.59. The van der Waals surface area contributed by atoms with Gasteiger partial charge in [0.1, 0.15) is 0 Å². The summed E-state index contributed by atoms with van der Waals surface area (Å²) in [6.07, 6.45) is 7.12. The topological polar surface area (TPSA) is 40.5 Å². The molecule has 1 amide bonds. The summed E-state index contributed by atoms with van der Waals surface area (Å²) in [6, 6.07) is 0. The average Bonchev–Trinajstić information content (AvgIpc) is 2.33. The van der Waals surface area contributed by atoms with Gasteiger partial charge >= 0.3 is 0 Å². The minimum absolute atomic E-state index is 0.216. The van der Waals surface area contributed by atoms with Gasteiger partial charge < -0.3 is 10.0 Å². The molecule has 0 aromatic heterocycles. The minimum atomic E-state index is -0.382. The van der Waals surface area contributed by atoms with E-state index in [-0.39, 0.29) is 23.5 Å². The van der Waals surface area contributed by atoms with Gasteiger partial charge in [0, 0.05) is 12.5 Å². The Morgan fingerprint density at radius 2 is 1.76 bits per heavy atom. The molecule has 0 radical (unpaired) electrons. The third kappa shape index (κ3) is 2.49. The van der Waals surface area contributed by atoms with Crippen LogP contribution in [0.1, 0.15) is 58.8 Å². The largest absolute Gasteiger partial charge is 0.391 e. The van der Waals surface area contributed by atoms with E-state index in [1.807, 2.05) is 18.7 Å². The van der Waals surface area contributed by atoms with Crippen LogP contribution in [0.5, 0.6) is 0 Å². The van der Waals surface area contributed by atoms with Crippen LogP contribution in [0, 0.1) is 5.92 Å². The van der Waals surface area contributed by atoms with Crippen molar-refractivity contribution >= 4 is 5.91 Å². The van der Waals surface area contributed by atoms with Crippen molar-refractivity contribution < 1.29 is 9.90 Å². The van der Waals surface area contributed by atoms with Crippen molar-refractivity contribution in [1.82, 2.24) is 4.90 Å². The van der Waals surface area contributed by atoms with Crippen molar-refractivity contribution in [2.75, 3.05) is 6.54 Å². The molecular formula is C14H25NO2. The predicted octanol–water partition coefficient (Wildman–Crippen LogP) is 2.33. The molecule has 1 atom stereocenters. The number of carbonyl (C=O) groups excluding carboxylic acids is 1. The number of piperidine rings is 1. The quantitative estimate of drug-likeness (QED) is 0.763. The number of hydrogen-bond acceptors (Lipinski definition) is 2. The Balaban J connectivity index is 2.06. The first-order chi connectivity index (χ1) is 8.03. The summed E-state index contributed by atoms with van der Waals surface area (Å²) < 4.78 is 0. The van der Waals surface area contributed by atoms with Gasteiger partial charge in [-0.25, -0.2) is 0 Å². The molecule has 1 saturated heterocycles. The number of hydrogen-bond donors (Lipinski definition) is 1. The van der Waals surface area contributed by atoms with E-state index in [0.29, 0.717) is 0 Å². The van der Waals surface area contributed by atoms with E-state index >= 15 is 0 Å². The molecule has 1 heterocycles. The van der Waals surface area contributed by atoms with Gasteiger partial charge in [-0.2, -0.15) is 0 Å². The van der Waals surface area contributed by atoms with Gasteiger partial charge in [0.15, 0.2) is 0 Å². The lowest BCUT2D eigenvalue weighted by atomic mass is 9.83. The number of aliphatic hydroxyl groups is 1. The fourth-order valence-corrected chi connectivity index (χ4v) is 3.23. The zero-order valence-electron chi connectivity index (χ0n) is 11.1. The molecular weight excluding hydrogens is 214 g/mol. The Morgan fingerprint density at radius 1 is 1.12 bits per heavy atom. The SMILES string of the molecule is CC1(C)C(O)CCCN1C(=O)C1CCCCC1. The molecule has 1 aliphatic carbocycles. The van der Waals surface area contributed by atoms with Gasteiger partial charge in [-0.15, -0.1) is 0 Å². The Labute approximate surface area is 104 Å². The molecule has 0 aromatic rings. The van der Waals surface area contributed by atoms with E-state index < -0.39 is 0 Å². The van der Waals surface area contributed by atoms with E-state index in [4.69, 9.17) is 0 Å². The number of carbonyl (C=O) groups is 1. The molecule has 3 nitrogen and oxygen atoms in total. The molecule has 98 valence electrons. The summed E-state index contributed by atoms with van der Waals surface area (Å²) >= 11 is 0. The van der Waals surface area contributed by atoms with Gasteiger partial charge in [-0.05, 0) is 39.5 Å². The van der Waals surface area contributed by atoms with Gasteiger partial charge in [-0.3, -0.25) is 4.79 Å². The fourth-order valence-electron chi connectivity index (χ4n) is 3.23. The second-order valence-electron chi connectivity index (χ2n) is 6.14. The second-order valence-corrected chi connectivity index (χ2v) is 6.14. The molecule has 2 fully saturated rings. The van der Waals surface area contributed by atoms with E-state index in [2.05, 4.69) is 0 Å². The smallest absolute Gasteiger partial charge is 0.226 e. The third-order valence-corrected chi connectivity index (χ3v) is 4.59. The molecule has 2 rings (SSSR count). The van der Waals surface area contributed by atoms with Gasteiger partial charge in [-0.1, -0.05) is 19.3 Å². The number of aliphatic hydroxyl groups excluding tert-OH is 1. The lowest BCUT2D eigenvalue weighted by Crippen LogP contribution is -2.59. The van der Waals surface area contributed by atoms with Crippen LogP contribution >= 0.6 is 0 Å². The van der Waals surface area contributed by atoms with Gasteiger partial charge in [0.05, 0.1) is 11.6 Å². The first-order valence-corrected chi connectivity index (χ1v) is 7.03. The Morgan fingerprint density at radius 3 is 2.41 bits per heavy atom. The summed E-state index contributed by atoms with van der Waals surface area (Å²) in [4.78, 5) is 14.5. The molecule has 1 saturated carbocycles. The van der Waals surface area contributed by atoms with Crippen LogP contribution in [0.15, 0.2) is 0 Å². The number of likely N-dealkylation sites (tertiary alicyclic amines) is 1. The standard InChI is InChI=1S/C14H25NO2/c1-14(2)12(16)9-6-10-15(14)13(17)11-7-4-3-5-8-11/h11-12,16H,3-10H2,1-2H3. The van der Waals surface area contributed by atoms with Crippen LogP contribution < -0.4 is 0 Å². The molecule has 0 aromatic carbocycles. The summed E-state index contributed by atoms with van der Waals surface area (Å²) in [5.41, 5.74) is -0.382. The monoisotopic (exact) mass is 239 g/mol. The normalized spacial score (nSPS) is 30.3. The lowest BCUT2D eigenvalue weighted by Gasteiger charge is -2.47. The highest BCUT2D eigenvalue weighted by Gasteiger charge is 2.42. The van der Waals surface area contributed by atoms with Crippen molar-refractivity contribution in [1.29, 1.82) is 0 Å². The summed E-state index contributed by atoms with van der Waals surface area (Å²) in [5.74, 6) is 0.502. The summed E-state index contributed by atoms with van der Waals surface area (Å²) in [7, 11) is 0. The lowest BCUT2D eigenvalue weighted by molar-refractivity contribution is -0.151. The zero-order chi connectivity index (χ0) is 12.5. The molecule has 1 aliphatic heterocycles. The number of nitrogens with zero attached hydrogens (tertiary/aromatic N) is 1. The minimum Gasteiger partial charge on any atom is -0.391 e. The van der Waals surface area contributed by atoms with Gasteiger partial charge in [0.2, 0.25) is 5.91 Å². The number of rotatable bonds is 1. The van der Waals surface area contributed by atoms with E-state index in [9.17, 15) is 9.90 Å². The van der Waals surface area contributed by atoms with E-state index in [1.165, 1.54) is 19.3 Å². The van der Waals surface area contributed by atoms with Crippen LogP contribution in [0.25, 0.3) is 0 Å². The Hall–Kier alpha value is -0.570. The fraction of sp³-hybridized carbons (Fsp3) is 0.929. The van der Waals surface area contributed by atoms with Crippen molar-refractivity contribution in [3.63, 3.8) is 0 Å². The maximum Gasteiger partial charge on any atom is 0.226 e. The van der Waals surface area contributed by atoms with Crippen molar-refractivity contribution in [2.24, 2.45) is 5.92 Å². The van der Waals surface area contributed by atoms with Gasteiger partial charge in [0.25, 0.3) is 0 Å². The molecule has 1 N–H and O–H groups in total. The summed E-state index contributed by atoms with van der Waals surface area (Å²) in [6.45, 7) is 4.81. The second kappa shape index (κ2) is 4.97. The summed E-state index contributed by atoms with van der Waals surface area (Å²) in [5, 5.41) is 10.1. The van der Waals surface area contributed by atoms with Crippen LogP contribution in [-0.4, -0.2) is 34.1 Å². The highest BCUT2D eigenvalue weighted by molar-refractivity contribution is 5.79. The maximum atomic E-state index is 12.5. The first-order valence-electron chi connectivity index (χ1n) is 7.03. The predicted molar refractivity (Wildman–Crippen MR) is 67.6 cm³/mol. The zero-order valence-corrected chi connectivity index (χ0v) is 11.1. The molecule has 0 bridgehead atoms. The highest BCUT2D eigenvalue weighted by Crippen LogP contribution is 2.33. The van der Waals surface area contributed by atoms with Crippen molar-refractivity contribution in [3.05, 3.63) is 0 Å². The Bertz CT molecular complexity index is 282. The Kier molecular flexibility index (Phi) is 3.76.